The number of hydrogen-bond donors (Lipinski definition) is 2. The minimum Gasteiger partial charge on any atom is -0.504 e. The lowest BCUT2D eigenvalue weighted by Crippen LogP contribution is -2.23. The molecule has 0 saturated carbocycles. The van der Waals surface area contributed by atoms with Gasteiger partial charge in [-0.2, -0.15) is 0 Å². The van der Waals surface area contributed by atoms with Crippen molar-refractivity contribution in [3.8, 4) is 11.5 Å². The van der Waals surface area contributed by atoms with Gasteiger partial charge in [0.15, 0.2) is 23.1 Å². The number of phenols is 1. The molecule has 0 saturated heterocycles. The van der Waals surface area contributed by atoms with Crippen LogP contribution in [0.25, 0.3) is 0 Å². The molecule has 0 amide bonds. The van der Waals surface area contributed by atoms with Gasteiger partial charge in [0.2, 0.25) is 0 Å². The largest absolute Gasteiger partial charge is 0.504 e. The van der Waals surface area contributed by atoms with Crippen molar-refractivity contribution in [1.82, 2.24) is 0 Å². The van der Waals surface area contributed by atoms with E-state index in [-0.39, 0.29) is 40.3 Å². The van der Waals surface area contributed by atoms with Gasteiger partial charge in [0.1, 0.15) is 6.61 Å². The van der Waals surface area contributed by atoms with Gasteiger partial charge >= 0.3 is 0 Å². The highest BCUT2D eigenvalue weighted by Gasteiger charge is 2.35. The first-order valence-electron chi connectivity index (χ1n) is 8.70. The first-order valence-corrected chi connectivity index (χ1v) is 9.08. The number of benzene rings is 2. The molecule has 1 aliphatic carbocycles. The minimum atomic E-state index is -0.495. The molecule has 0 fully saturated rings. The molecular formula is C20H20ClNO5. The van der Waals surface area contributed by atoms with E-state index >= 15 is 0 Å². The van der Waals surface area contributed by atoms with E-state index in [1.54, 1.807) is 0 Å². The molecule has 3 rings (SSSR count). The number of nitrogens with two attached hydrogens (primary N) is 1. The molecule has 27 heavy (non-hydrogen) atoms. The van der Waals surface area contributed by atoms with Crippen LogP contribution in [0.1, 0.15) is 51.6 Å². The molecule has 0 unspecified atom stereocenters. The molecule has 0 heterocycles. The number of phenolic OH excluding ortho intramolecular Hbond substituents is 1. The molecule has 6 nitrogen and oxygen atoms in total. The Hall–Kier alpha value is -2.57. The summed E-state index contributed by atoms with van der Waals surface area (Å²) in [5.74, 6) is -1.30. The van der Waals surface area contributed by atoms with Crippen LogP contribution in [0.15, 0.2) is 24.3 Å². The average Bonchev–Trinajstić information content (AvgIpc) is 2.64. The second kappa shape index (κ2) is 7.98. The van der Waals surface area contributed by atoms with Crippen LogP contribution in [0.4, 0.5) is 5.69 Å². The third-order valence-corrected chi connectivity index (χ3v) is 4.58. The molecule has 2 aromatic rings. The van der Waals surface area contributed by atoms with Crippen molar-refractivity contribution in [2.45, 2.75) is 19.8 Å². The number of halogens is 1. The van der Waals surface area contributed by atoms with Gasteiger partial charge in [-0.3, -0.25) is 9.59 Å². The van der Waals surface area contributed by atoms with Crippen molar-refractivity contribution in [3.63, 3.8) is 0 Å². The Kier molecular flexibility index (Phi) is 5.68. The van der Waals surface area contributed by atoms with Gasteiger partial charge < -0.3 is 20.3 Å². The fraction of sp³-hybridized carbons (Fsp3) is 0.300. The molecule has 2 aromatic carbocycles. The molecule has 3 N–H and O–H groups in total. The van der Waals surface area contributed by atoms with Crippen molar-refractivity contribution < 1.29 is 24.2 Å². The van der Waals surface area contributed by atoms with E-state index in [0.717, 1.165) is 12.8 Å². The zero-order valence-electron chi connectivity index (χ0n) is 14.9. The highest BCUT2D eigenvalue weighted by Crippen LogP contribution is 2.42. The van der Waals surface area contributed by atoms with Crippen LogP contribution in [0.2, 0.25) is 5.02 Å². The van der Waals surface area contributed by atoms with Crippen LogP contribution in [-0.2, 0) is 4.74 Å². The fourth-order valence-electron chi connectivity index (χ4n) is 2.97. The lowest BCUT2D eigenvalue weighted by atomic mass is 9.82. The van der Waals surface area contributed by atoms with Gasteiger partial charge in [-0.15, -0.1) is 0 Å². The normalized spacial score (nSPS) is 12.7. The highest BCUT2D eigenvalue weighted by molar-refractivity contribution is 6.34. The molecule has 1 aliphatic rings. The third kappa shape index (κ3) is 3.63. The van der Waals surface area contributed by atoms with Crippen LogP contribution in [-0.4, -0.2) is 36.5 Å². The molecule has 0 radical (unpaired) electrons. The van der Waals surface area contributed by atoms with Gasteiger partial charge in [0.05, 0.1) is 17.7 Å². The maximum atomic E-state index is 12.8. The molecule has 0 aliphatic heterocycles. The van der Waals surface area contributed by atoms with Crippen LogP contribution in [0.5, 0.6) is 11.5 Å². The first kappa shape index (κ1) is 19.2. The van der Waals surface area contributed by atoms with Crippen LogP contribution < -0.4 is 10.5 Å². The van der Waals surface area contributed by atoms with E-state index in [1.165, 1.54) is 24.3 Å². The Bertz CT molecular complexity index is 910. The lowest BCUT2D eigenvalue weighted by Gasteiger charge is -2.21. The number of aromatic hydroxyl groups is 1. The topological polar surface area (TPSA) is 98.8 Å². The van der Waals surface area contributed by atoms with E-state index in [9.17, 15) is 14.7 Å². The van der Waals surface area contributed by atoms with Crippen LogP contribution in [0, 0.1) is 0 Å². The Balaban J connectivity index is 1.90. The number of rotatable bonds is 7. The van der Waals surface area contributed by atoms with Gasteiger partial charge in [0.25, 0.3) is 0 Å². The molecule has 0 spiro atoms. The Morgan fingerprint density at radius 3 is 2.52 bits per heavy atom. The van der Waals surface area contributed by atoms with Gasteiger partial charge in [-0.1, -0.05) is 24.9 Å². The van der Waals surface area contributed by atoms with E-state index in [1.807, 2.05) is 0 Å². The zero-order chi connectivity index (χ0) is 19.6. The summed E-state index contributed by atoms with van der Waals surface area (Å²) in [5, 5.41) is 10.9. The molecule has 0 atom stereocenters. The quantitative estimate of drug-likeness (QED) is 0.364. The number of carbonyl (C=O) groups excluding carboxylic acids is 2. The summed E-state index contributed by atoms with van der Waals surface area (Å²) in [6.07, 6.45) is 1.99. The number of nitrogen functional groups attached to an aromatic ring is 1. The van der Waals surface area contributed by atoms with E-state index < -0.39 is 17.3 Å². The fourth-order valence-corrected chi connectivity index (χ4v) is 3.15. The minimum absolute atomic E-state index is 0.0289. The van der Waals surface area contributed by atoms with Crippen molar-refractivity contribution >= 4 is 28.9 Å². The number of anilines is 1. The third-order valence-electron chi connectivity index (χ3n) is 4.35. The maximum absolute atomic E-state index is 12.8. The summed E-state index contributed by atoms with van der Waals surface area (Å²) in [6.45, 7) is 3.22. The summed E-state index contributed by atoms with van der Waals surface area (Å²) in [7, 11) is 0. The number of hydrogen-bond acceptors (Lipinski definition) is 6. The molecular weight excluding hydrogens is 370 g/mol. The number of fused-ring (bicyclic) bond motifs is 2. The second-order valence-electron chi connectivity index (χ2n) is 6.23. The monoisotopic (exact) mass is 389 g/mol. The van der Waals surface area contributed by atoms with Crippen molar-refractivity contribution in [2.24, 2.45) is 0 Å². The smallest absolute Gasteiger partial charge is 0.198 e. The Labute approximate surface area is 161 Å². The highest BCUT2D eigenvalue weighted by atomic mass is 35.5. The van der Waals surface area contributed by atoms with Gasteiger partial charge in [-0.05, 0) is 24.6 Å². The predicted octanol–water partition coefficient (Wildman–Crippen LogP) is 3.60. The van der Waals surface area contributed by atoms with Crippen molar-refractivity contribution in [3.05, 3.63) is 51.5 Å². The maximum Gasteiger partial charge on any atom is 0.198 e. The SMILES string of the molecule is CCCCOCCOc1cc(N)c2c(c1O)C(=O)c1ccc(Cl)cc1C2=O. The summed E-state index contributed by atoms with van der Waals surface area (Å²) in [5.41, 5.74) is 6.24. The zero-order valence-corrected chi connectivity index (χ0v) is 15.6. The predicted molar refractivity (Wildman–Crippen MR) is 102 cm³/mol. The van der Waals surface area contributed by atoms with Crippen molar-refractivity contribution in [1.29, 1.82) is 0 Å². The van der Waals surface area contributed by atoms with E-state index in [4.69, 9.17) is 26.8 Å². The second-order valence-corrected chi connectivity index (χ2v) is 6.66. The summed E-state index contributed by atoms with van der Waals surface area (Å²) >= 11 is 5.94. The molecule has 0 bridgehead atoms. The summed E-state index contributed by atoms with van der Waals surface area (Å²) in [4.78, 5) is 25.6. The summed E-state index contributed by atoms with van der Waals surface area (Å²) in [6, 6.07) is 5.76. The molecule has 7 heteroatoms. The van der Waals surface area contributed by atoms with E-state index in [0.29, 0.717) is 18.2 Å². The van der Waals surface area contributed by atoms with Crippen molar-refractivity contribution in [2.75, 3.05) is 25.6 Å². The molecule has 142 valence electrons. The van der Waals surface area contributed by atoms with E-state index in [2.05, 4.69) is 6.92 Å². The number of ether oxygens (including phenoxy) is 2. The van der Waals surface area contributed by atoms with Crippen LogP contribution >= 0.6 is 11.6 Å². The molecule has 0 aromatic heterocycles. The average molecular weight is 390 g/mol. The number of carbonyl (C=O) groups is 2. The standard InChI is InChI=1S/C20H20ClNO5/c1-2-3-6-26-7-8-27-15-10-14(22)16-17(20(15)25)18(23)12-5-4-11(21)9-13(12)19(16)24/h4-5,9-10,25H,2-3,6-8,22H2,1H3. The van der Waals surface area contributed by atoms with Gasteiger partial charge in [-0.25, -0.2) is 0 Å². The van der Waals surface area contributed by atoms with Crippen LogP contribution in [0.3, 0.4) is 0 Å². The number of unbranched alkanes of at least 4 members (excludes halogenated alkanes) is 1. The lowest BCUT2D eigenvalue weighted by molar-refractivity contribution is 0.0955. The Morgan fingerprint density at radius 1 is 1.04 bits per heavy atom. The Morgan fingerprint density at radius 2 is 1.78 bits per heavy atom. The first-order chi connectivity index (χ1) is 13.0. The summed E-state index contributed by atoms with van der Waals surface area (Å²) < 4.78 is 10.9. The number of ketones is 2. The van der Waals surface area contributed by atoms with Gasteiger partial charge in [0, 0.05) is 34.5 Å².